The molecule has 0 unspecified atom stereocenters. The van der Waals surface area contributed by atoms with Gasteiger partial charge in [-0.05, 0) is 65.8 Å². The molecule has 2 aliphatic rings. The van der Waals surface area contributed by atoms with Crippen LogP contribution in [0.4, 0.5) is 10.1 Å². The molecular weight excluding hydrogens is 460 g/mol. The fraction of sp³-hybridized carbons (Fsp3) is 0.259. The van der Waals surface area contributed by atoms with Gasteiger partial charge in [0.15, 0.2) is 0 Å². The predicted octanol–water partition coefficient (Wildman–Crippen LogP) is 6.53. The molecule has 0 saturated heterocycles. The number of fused-ring (bicyclic) bond motifs is 1. The van der Waals surface area contributed by atoms with Crippen LogP contribution >= 0.6 is 23.2 Å². The van der Waals surface area contributed by atoms with Gasteiger partial charge in [0.05, 0.1) is 12.0 Å². The Kier molecular flexibility index (Phi) is 5.75. The van der Waals surface area contributed by atoms with Gasteiger partial charge in [0, 0.05) is 28.6 Å². The van der Waals surface area contributed by atoms with Gasteiger partial charge in [-0.3, -0.25) is 9.59 Å². The number of rotatable bonds is 5. The van der Waals surface area contributed by atoms with Crippen LogP contribution in [-0.2, 0) is 28.0 Å². The van der Waals surface area contributed by atoms with Crippen molar-refractivity contribution in [1.82, 2.24) is 0 Å². The quantitative estimate of drug-likeness (QED) is 0.415. The zero-order valence-corrected chi connectivity index (χ0v) is 19.4. The largest absolute Gasteiger partial charge is 0.307 e. The molecule has 168 valence electrons. The molecule has 0 spiro atoms. The molecule has 0 bridgehead atoms. The summed E-state index contributed by atoms with van der Waals surface area (Å²) >= 11 is 12.7. The summed E-state index contributed by atoms with van der Waals surface area (Å²) < 4.78 is 13.5. The molecule has 1 heterocycles. The van der Waals surface area contributed by atoms with Crippen LogP contribution < -0.4 is 4.90 Å². The first-order valence-corrected chi connectivity index (χ1v) is 11.8. The summed E-state index contributed by atoms with van der Waals surface area (Å²) in [6.07, 6.45) is 1.90. The van der Waals surface area contributed by atoms with Crippen molar-refractivity contribution >= 4 is 40.6 Å². The van der Waals surface area contributed by atoms with Crippen LogP contribution in [0, 0.1) is 11.7 Å². The lowest BCUT2D eigenvalue weighted by Gasteiger charge is -2.35. The van der Waals surface area contributed by atoms with Gasteiger partial charge in [-0.2, -0.15) is 0 Å². The number of halogens is 3. The first-order valence-electron chi connectivity index (χ1n) is 11.0. The van der Waals surface area contributed by atoms with E-state index in [9.17, 15) is 14.0 Å². The SMILES string of the molecule is O=C1CC[C@H]([C@]2(Cc3ccc(Cl)cc3Cl)C(=O)N(Cc3ccc(F)cc3)c3ccccc32)C1. The van der Waals surface area contributed by atoms with Crippen LogP contribution in [0.5, 0.6) is 0 Å². The van der Waals surface area contributed by atoms with Gasteiger partial charge >= 0.3 is 0 Å². The fourth-order valence-electron chi connectivity index (χ4n) is 5.39. The molecule has 0 radical (unpaired) electrons. The molecule has 1 saturated carbocycles. The number of Topliss-reactive ketones (excluding diaryl/α,β-unsaturated/α-hetero) is 1. The summed E-state index contributed by atoms with van der Waals surface area (Å²) in [5, 5.41) is 1.04. The molecule has 1 aliphatic carbocycles. The van der Waals surface area contributed by atoms with E-state index < -0.39 is 5.41 Å². The van der Waals surface area contributed by atoms with E-state index in [0.717, 1.165) is 22.4 Å². The van der Waals surface area contributed by atoms with E-state index in [4.69, 9.17) is 23.2 Å². The van der Waals surface area contributed by atoms with E-state index in [1.54, 1.807) is 29.2 Å². The van der Waals surface area contributed by atoms with E-state index in [1.807, 2.05) is 30.3 Å². The highest BCUT2D eigenvalue weighted by Crippen LogP contribution is 2.53. The van der Waals surface area contributed by atoms with E-state index in [0.29, 0.717) is 42.3 Å². The van der Waals surface area contributed by atoms with Crippen molar-refractivity contribution in [2.45, 2.75) is 37.6 Å². The van der Waals surface area contributed by atoms with Gasteiger partial charge in [0.1, 0.15) is 11.6 Å². The molecule has 5 rings (SSSR count). The number of ketones is 1. The van der Waals surface area contributed by atoms with Gasteiger partial charge in [0.25, 0.3) is 0 Å². The minimum Gasteiger partial charge on any atom is -0.307 e. The van der Waals surface area contributed by atoms with Crippen molar-refractivity contribution in [3.05, 3.63) is 99.3 Å². The van der Waals surface area contributed by atoms with Crippen LogP contribution in [0.3, 0.4) is 0 Å². The zero-order valence-electron chi connectivity index (χ0n) is 17.9. The molecule has 33 heavy (non-hydrogen) atoms. The van der Waals surface area contributed by atoms with E-state index in [2.05, 4.69) is 0 Å². The first kappa shape index (κ1) is 22.1. The third-order valence-electron chi connectivity index (χ3n) is 6.98. The maximum atomic E-state index is 14.3. The van der Waals surface area contributed by atoms with Gasteiger partial charge in [-0.25, -0.2) is 4.39 Å². The zero-order chi connectivity index (χ0) is 23.2. The van der Waals surface area contributed by atoms with Crippen molar-refractivity contribution in [2.24, 2.45) is 5.92 Å². The minimum atomic E-state index is -0.903. The summed E-state index contributed by atoms with van der Waals surface area (Å²) in [6.45, 7) is 0.326. The lowest BCUT2D eigenvalue weighted by molar-refractivity contribution is -0.125. The Bertz CT molecular complexity index is 1240. The van der Waals surface area contributed by atoms with E-state index in [1.165, 1.54) is 12.1 Å². The number of carbonyl (C=O) groups excluding carboxylic acids is 2. The molecule has 1 aliphatic heterocycles. The number of benzene rings is 3. The van der Waals surface area contributed by atoms with Crippen molar-refractivity contribution in [3.8, 4) is 0 Å². The Labute approximate surface area is 202 Å². The van der Waals surface area contributed by atoms with Crippen LogP contribution in [-0.4, -0.2) is 11.7 Å². The fourth-order valence-corrected chi connectivity index (χ4v) is 5.87. The molecule has 0 N–H and O–H groups in total. The number of para-hydroxylation sites is 1. The van der Waals surface area contributed by atoms with Gasteiger partial charge in [0.2, 0.25) is 5.91 Å². The second kappa shape index (κ2) is 8.58. The number of hydrogen-bond donors (Lipinski definition) is 0. The Balaban J connectivity index is 1.63. The Hall–Kier alpha value is -2.69. The van der Waals surface area contributed by atoms with Crippen LogP contribution in [0.25, 0.3) is 0 Å². The topological polar surface area (TPSA) is 37.4 Å². The molecule has 1 fully saturated rings. The van der Waals surface area contributed by atoms with Gasteiger partial charge in [-0.15, -0.1) is 0 Å². The summed E-state index contributed by atoms with van der Waals surface area (Å²) in [5.41, 5.74) is 2.51. The Morgan fingerprint density at radius 1 is 1.00 bits per heavy atom. The Morgan fingerprint density at radius 3 is 2.45 bits per heavy atom. The van der Waals surface area contributed by atoms with Gasteiger partial charge in [-0.1, -0.05) is 59.6 Å². The molecular formula is C27H22Cl2FNO2. The van der Waals surface area contributed by atoms with Crippen molar-refractivity contribution in [3.63, 3.8) is 0 Å². The second-order valence-electron chi connectivity index (χ2n) is 8.90. The highest BCUT2D eigenvalue weighted by Gasteiger charge is 2.56. The van der Waals surface area contributed by atoms with Crippen LogP contribution in [0.1, 0.15) is 36.0 Å². The third kappa shape index (κ3) is 3.85. The second-order valence-corrected chi connectivity index (χ2v) is 9.74. The number of amides is 1. The highest BCUT2D eigenvalue weighted by atomic mass is 35.5. The number of carbonyl (C=O) groups is 2. The summed E-state index contributed by atoms with van der Waals surface area (Å²) in [7, 11) is 0. The van der Waals surface area contributed by atoms with Crippen molar-refractivity contribution in [2.75, 3.05) is 4.90 Å². The highest BCUT2D eigenvalue weighted by molar-refractivity contribution is 6.35. The third-order valence-corrected chi connectivity index (χ3v) is 7.57. The maximum Gasteiger partial charge on any atom is 0.238 e. The lowest BCUT2D eigenvalue weighted by atomic mass is 9.66. The first-order chi connectivity index (χ1) is 15.9. The molecule has 3 aromatic carbocycles. The van der Waals surface area contributed by atoms with Crippen LogP contribution in [0.2, 0.25) is 10.0 Å². The molecule has 0 aromatic heterocycles. The van der Waals surface area contributed by atoms with E-state index >= 15 is 0 Å². The lowest BCUT2D eigenvalue weighted by Crippen LogP contribution is -2.46. The maximum absolute atomic E-state index is 14.3. The minimum absolute atomic E-state index is 0.0428. The Morgan fingerprint density at radius 2 is 1.76 bits per heavy atom. The predicted molar refractivity (Wildman–Crippen MR) is 128 cm³/mol. The average molecular weight is 482 g/mol. The van der Waals surface area contributed by atoms with E-state index in [-0.39, 0.29) is 23.4 Å². The smallest absolute Gasteiger partial charge is 0.238 e. The summed E-state index contributed by atoms with van der Waals surface area (Å²) in [4.78, 5) is 28.4. The van der Waals surface area contributed by atoms with Crippen LogP contribution in [0.15, 0.2) is 66.7 Å². The monoisotopic (exact) mass is 481 g/mol. The molecule has 2 atom stereocenters. The number of anilines is 1. The molecule has 3 nitrogen and oxygen atoms in total. The number of nitrogens with zero attached hydrogens (tertiary/aromatic N) is 1. The summed E-state index contributed by atoms with van der Waals surface area (Å²) in [6, 6.07) is 19.3. The number of hydrogen-bond acceptors (Lipinski definition) is 2. The molecule has 3 aromatic rings. The van der Waals surface area contributed by atoms with Crippen molar-refractivity contribution in [1.29, 1.82) is 0 Å². The molecule has 6 heteroatoms. The standard InChI is InChI=1S/C27H22Cl2FNO2/c28-20-9-7-18(24(29)14-20)15-27(19-8-12-22(32)13-19)23-3-1-2-4-25(23)31(26(27)33)16-17-5-10-21(30)11-6-17/h1-7,9-11,14,19H,8,12-13,15-16H2/t19-,27-/m0/s1. The normalized spacial score (nSPS) is 22.2. The molecule has 1 amide bonds. The van der Waals surface area contributed by atoms with Crippen molar-refractivity contribution < 1.29 is 14.0 Å². The average Bonchev–Trinajstić information content (AvgIpc) is 3.33. The summed E-state index contributed by atoms with van der Waals surface area (Å²) in [5.74, 6) is -0.297. The van der Waals surface area contributed by atoms with Gasteiger partial charge < -0.3 is 4.90 Å².